The van der Waals surface area contributed by atoms with E-state index < -0.39 is 54.9 Å². The topological polar surface area (TPSA) is 143 Å². The van der Waals surface area contributed by atoms with Crippen molar-refractivity contribution in [2.45, 2.75) is 51.2 Å². The molecule has 12 heteroatoms. The predicted octanol–water partition coefficient (Wildman–Crippen LogP) is 0.881. The van der Waals surface area contributed by atoms with Crippen LogP contribution >= 0.6 is 7.14 Å². The van der Waals surface area contributed by atoms with E-state index in [1.54, 1.807) is 20.3 Å². The quantitative estimate of drug-likeness (QED) is 0.407. The highest BCUT2D eigenvalue weighted by atomic mass is 31.2. The van der Waals surface area contributed by atoms with Gasteiger partial charge in [0.1, 0.15) is 12.2 Å². The smallest absolute Gasteiger partial charge is 0.330 e. The molecule has 1 saturated heterocycles. The monoisotopic (exact) mass is 474 g/mol. The summed E-state index contributed by atoms with van der Waals surface area (Å²) < 4.78 is 35.5. The maximum atomic E-state index is 12.5. The molecule has 11 nitrogen and oxygen atoms in total. The molecule has 32 heavy (non-hydrogen) atoms. The summed E-state index contributed by atoms with van der Waals surface area (Å²) in [5.74, 6) is -1.52. The summed E-state index contributed by atoms with van der Waals surface area (Å²) in [5.41, 5.74) is -0.932. The van der Waals surface area contributed by atoms with E-state index in [1.165, 1.54) is 25.0 Å². The minimum atomic E-state index is -2.45. The molecule has 0 aliphatic carbocycles. The molecule has 2 rings (SSSR count). The van der Waals surface area contributed by atoms with E-state index in [4.69, 9.17) is 14.2 Å². The van der Waals surface area contributed by atoms with Gasteiger partial charge in [0, 0.05) is 25.0 Å². The first kappa shape index (κ1) is 26.0. The number of hydrogen-bond acceptors (Lipinski definition) is 9. The number of aromatic amines is 1. The number of carbonyl (C=O) groups excluding carboxylic acids is 2. The largest absolute Gasteiger partial charge is 0.469 e. The number of methoxy groups -OCH3 is 2. The minimum absolute atomic E-state index is 0.151. The molecule has 1 aliphatic rings. The average molecular weight is 474 g/mol. The Morgan fingerprint density at radius 3 is 2.38 bits per heavy atom. The van der Waals surface area contributed by atoms with E-state index in [0.717, 1.165) is 0 Å². The van der Waals surface area contributed by atoms with Gasteiger partial charge in [-0.05, 0) is 26.2 Å². The molecule has 1 aromatic heterocycles. The Hall–Kier alpha value is -2.23. The summed E-state index contributed by atoms with van der Waals surface area (Å²) in [7, 11) is 0.161. The molecule has 1 fully saturated rings. The number of H-pyrrole nitrogens is 1. The summed E-state index contributed by atoms with van der Waals surface area (Å²) >= 11 is 0. The number of rotatable bonds is 9. The van der Waals surface area contributed by atoms with Crippen LogP contribution in [0.15, 0.2) is 15.8 Å². The lowest BCUT2D eigenvalue weighted by atomic mass is 9.99. The van der Waals surface area contributed by atoms with Crippen molar-refractivity contribution in [1.82, 2.24) is 9.55 Å². The van der Waals surface area contributed by atoms with Crippen molar-refractivity contribution in [1.29, 1.82) is 0 Å². The second-order valence-electron chi connectivity index (χ2n) is 8.43. The number of nitrogens with one attached hydrogen (secondary N) is 1. The molecule has 0 amide bonds. The Labute approximate surface area is 185 Å². The summed E-state index contributed by atoms with van der Waals surface area (Å²) in [6.07, 6.45) is -2.24. The molecule has 180 valence electrons. The van der Waals surface area contributed by atoms with Gasteiger partial charge < -0.3 is 23.5 Å². The predicted molar refractivity (Wildman–Crippen MR) is 115 cm³/mol. The lowest BCUT2D eigenvalue weighted by Crippen LogP contribution is -2.42. The van der Waals surface area contributed by atoms with Gasteiger partial charge in [-0.25, -0.2) is 4.79 Å². The van der Waals surface area contributed by atoms with Gasteiger partial charge in [-0.2, -0.15) is 0 Å². The van der Waals surface area contributed by atoms with Crippen LogP contribution in [0.25, 0.3) is 0 Å². The third-order valence-electron chi connectivity index (χ3n) is 5.23. The normalized spacial score (nSPS) is 24.2. The van der Waals surface area contributed by atoms with Crippen molar-refractivity contribution in [2.75, 3.05) is 33.7 Å². The molecule has 2 heterocycles. The fourth-order valence-electron chi connectivity index (χ4n) is 3.82. The van der Waals surface area contributed by atoms with Gasteiger partial charge in [0.15, 0.2) is 12.3 Å². The van der Waals surface area contributed by atoms with Gasteiger partial charge in [-0.1, -0.05) is 6.92 Å². The Morgan fingerprint density at radius 2 is 1.81 bits per heavy atom. The average Bonchev–Trinajstić information content (AvgIpc) is 3.05. The molecule has 0 bridgehead atoms. The van der Waals surface area contributed by atoms with Crippen molar-refractivity contribution in [2.24, 2.45) is 5.92 Å². The molecular weight excluding hydrogens is 443 g/mol. The van der Waals surface area contributed by atoms with Gasteiger partial charge >= 0.3 is 17.6 Å². The Morgan fingerprint density at radius 1 is 1.19 bits per heavy atom. The van der Waals surface area contributed by atoms with Crippen LogP contribution in [0.4, 0.5) is 0 Å². The third kappa shape index (κ3) is 6.40. The number of hydrogen-bond donors (Lipinski definition) is 1. The lowest BCUT2D eigenvalue weighted by molar-refractivity contribution is -0.160. The molecule has 0 aromatic carbocycles. The van der Waals surface area contributed by atoms with Crippen molar-refractivity contribution in [3.8, 4) is 0 Å². The maximum Gasteiger partial charge on any atom is 0.330 e. The van der Waals surface area contributed by atoms with Crippen LogP contribution < -0.4 is 11.2 Å². The van der Waals surface area contributed by atoms with Gasteiger partial charge in [0.05, 0.1) is 27.1 Å². The van der Waals surface area contributed by atoms with E-state index in [0.29, 0.717) is 6.16 Å². The van der Waals surface area contributed by atoms with Crippen LogP contribution in [0.5, 0.6) is 0 Å². The first-order valence-electron chi connectivity index (χ1n) is 10.2. The minimum Gasteiger partial charge on any atom is -0.469 e. The molecule has 1 aromatic rings. The molecule has 0 spiro atoms. The van der Waals surface area contributed by atoms with Crippen molar-refractivity contribution in [3.63, 3.8) is 0 Å². The van der Waals surface area contributed by atoms with E-state index in [1.807, 2.05) is 6.92 Å². The van der Waals surface area contributed by atoms with Gasteiger partial charge in [-0.15, -0.1) is 0 Å². The number of esters is 2. The number of aromatic nitrogens is 2. The highest BCUT2D eigenvalue weighted by molar-refractivity contribution is 7.62. The summed E-state index contributed by atoms with van der Waals surface area (Å²) in [5, 5.41) is 0. The summed E-state index contributed by atoms with van der Waals surface area (Å²) in [6, 6.07) is 0. The first-order chi connectivity index (χ1) is 14.9. The highest BCUT2D eigenvalue weighted by Gasteiger charge is 2.51. The zero-order valence-electron chi connectivity index (χ0n) is 19.2. The molecule has 0 saturated carbocycles. The summed E-state index contributed by atoms with van der Waals surface area (Å²) in [4.78, 5) is 50.2. The van der Waals surface area contributed by atoms with Crippen molar-refractivity contribution in [3.05, 3.63) is 32.6 Å². The van der Waals surface area contributed by atoms with Crippen molar-refractivity contribution < 1.29 is 33.1 Å². The lowest BCUT2D eigenvalue weighted by Gasteiger charge is -2.27. The fraction of sp³-hybridized carbons (Fsp3) is 0.700. The fourth-order valence-corrected chi connectivity index (χ4v) is 5.42. The molecule has 1 N–H and O–H groups in total. The standard InChI is InChI=1S/C20H31N2O9P/c1-11-9-22(20(26)21-18(11)25)19-17(29-4)16(30-14(24)8-7-13(23)28-3)15(31-19)12(2)10-32(5,6)27/h9,12,15-17,19H,7-8,10H2,1-6H3,(H,21,25,26)/t12-,15+,16+,17+,19+/m0/s1. The summed E-state index contributed by atoms with van der Waals surface area (Å²) in [6.45, 7) is 6.66. The molecule has 1 aliphatic heterocycles. The van der Waals surface area contributed by atoms with Gasteiger partial charge in [0.2, 0.25) is 0 Å². The Kier molecular flexibility index (Phi) is 8.61. The van der Waals surface area contributed by atoms with E-state index in [-0.39, 0.29) is 24.3 Å². The number of nitrogens with zero attached hydrogens (tertiary/aromatic N) is 1. The van der Waals surface area contributed by atoms with Crippen LogP contribution in [0.1, 0.15) is 31.6 Å². The number of ether oxygens (including phenoxy) is 4. The second kappa shape index (κ2) is 10.6. The van der Waals surface area contributed by atoms with Crippen LogP contribution in [-0.2, 0) is 33.1 Å². The van der Waals surface area contributed by atoms with Gasteiger partial charge in [0.25, 0.3) is 5.56 Å². The molecule has 0 radical (unpaired) electrons. The Balaban J connectivity index is 2.38. The van der Waals surface area contributed by atoms with E-state index in [9.17, 15) is 23.7 Å². The van der Waals surface area contributed by atoms with Gasteiger partial charge in [-0.3, -0.25) is 23.9 Å². The SMILES string of the molecule is COC(=O)CCC(=O)O[C@H]1[C@@H](OC)[C@H](n2cc(C)c(=O)[nH]c2=O)O[C@@H]1[C@@H](C)CP(C)(C)=O. The van der Waals surface area contributed by atoms with Crippen molar-refractivity contribution >= 4 is 19.1 Å². The van der Waals surface area contributed by atoms with Crippen LogP contribution in [0.2, 0.25) is 0 Å². The number of aryl methyl sites for hydroxylation is 1. The molecular formula is C20H31N2O9P. The van der Waals surface area contributed by atoms with Crippen LogP contribution in [-0.4, -0.2) is 73.5 Å². The highest BCUT2D eigenvalue weighted by Crippen LogP contribution is 2.43. The van der Waals surface area contributed by atoms with E-state index in [2.05, 4.69) is 9.72 Å². The molecule has 5 atom stereocenters. The second-order valence-corrected chi connectivity index (χ2v) is 11.9. The third-order valence-corrected chi connectivity index (χ3v) is 6.69. The zero-order chi connectivity index (χ0) is 24.2. The van der Waals surface area contributed by atoms with Crippen LogP contribution in [0, 0.1) is 12.8 Å². The first-order valence-corrected chi connectivity index (χ1v) is 13.0. The molecule has 0 unspecified atom stereocenters. The Bertz CT molecular complexity index is 996. The number of carbonyl (C=O) groups is 2. The zero-order valence-corrected chi connectivity index (χ0v) is 20.0. The maximum absolute atomic E-state index is 12.5. The van der Waals surface area contributed by atoms with E-state index >= 15 is 0 Å². The van der Waals surface area contributed by atoms with Crippen LogP contribution in [0.3, 0.4) is 0 Å².